The second-order valence-electron chi connectivity index (χ2n) is 3.57. The van der Waals surface area contributed by atoms with E-state index in [1.165, 1.54) is 28.6 Å². The van der Waals surface area contributed by atoms with Crippen LogP contribution in [-0.4, -0.2) is 20.2 Å². The maximum Gasteiger partial charge on any atom is 0.416 e. The number of benzene rings is 1. The van der Waals surface area contributed by atoms with Gasteiger partial charge in [-0.2, -0.15) is 13.2 Å². The fourth-order valence-corrected chi connectivity index (χ4v) is 2.09. The van der Waals surface area contributed by atoms with E-state index >= 15 is 0 Å². The zero-order valence-corrected chi connectivity index (χ0v) is 10.2. The number of hydrogen-bond donors (Lipinski definition) is 0. The topological polar surface area (TPSA) is 43.6 Å². The standard InChI is InChI=1S/C10H9F3N4S/c1-17-9(14-15-16-17)18-6-7-2-4-8(5-3-7)10(11,12)13/h2-5H,6H2,1H3. The molecule has 0 aliphatic carbocycles. The van der Waals surface area contributed by atoms with Crippen LogP contribution in [0.1, 0.15) is 11.1 Å². The number of rotatable bonds is 3. The van der Waals surface area contributed by atoms with Crippen LogP contribution in [0.4, 0.5) is 13.2 Å². The summed E-state index contributed by atoms with van der Waals surface area (Å²) >= 11 is 1.37. The van der Waals surface area contributed by atoms with E-state index in [0.717, 1.165) is 17.7 Å². The van der Waals surface area contributed by atoms with Gasteiger partial charge in [-0.15, -0.1) is 5.10 Å². The molecule has 0 fully saturated rings. The molecule has 1 heterocycles. The van der Waals surface area contributed by atoms with Crippen molar-refractivity contribution in [2.24, 2.45) is 7.05 Å². The zero-order valence-electron chi connectivity index (χ0n) is 9.35. The van der Waals surface area contributed by atoms with E-state index in [4.69, 9.17) is 0 Å². The summed E-state index contributed by atoms with van der Waals surface area (Å²) in [7, 11) is 1.70. The Hall–Kier alpha value is -1.57. The van der Waals surface area contributed by atoms with Gasteiger partial charge >= 0.3 is 6.18 Å². The van der Waals surface area contributed by atoms with Crippen molar-refractivity contribution < 1.29 is 13.2 Å². The third-order valence-corrected chi connectivity index (χ3v) is 3.31. The number of tetrazole rings is 1. The van der Waals surface area contributed by atoms with E-state index < -0.39 is 11.7 Å². The number of alkyl halides is 3. The average Bonchev–Trinajstić information content (AvgIpc) is 2.72. The summed E-state index contributed by atoms with van der Waals surface area (Å²) in [6.07, 6.45) is -4.29. The van der Waals surface area contributed by atoms with Crippen LogP contribution in [0.25, 0.3) is 0 Å². The van der Waals surface area contributed by atoms with Gasteiger partial charge in [0.25, 0.3) is 0 Å². The lowest BCUT2D eigenvalue weighted by Crippen LogP contribution is -2.04. The fourth-order valence-electron chi connectivity index (χ4n) is 1.28. The molecule has 0 aliphatic heterocycles. The van der Waals surface area contributed by atoms with E-state index in [2.05, 4.69) is 15.5 Å². The van der Waals surface area contributed by atoms with Crippen LogP contribution >= 0.6 is 11.8 Å². The van der Waals surface area contributed by atoms with Crippen molar-refractivity contribution in [1.82, 2.24) is 20.2 Å². The molecule has 8 heteroatoms. The van der Waals surface area contributed by atoms with Crippen LogP contribution in [0, 0.1) is 0 Å². The first-order chi connectivity index (χ1) is 8.47. The van der Waals surface area contributed by atoms with E-state index in [1.54, 1.807) is 7.05 Å². The fraction of sp³-hybridized carbons (Fsp3) is 0.300. The van der Waals surface area contributed by atoms with E-state index in [0.29, 0.717) is 10.9 Å². The molecule has 96 valence electrons. The number of halogens is 3. The van der Waals surface area contributed by atoms with Gasteiger partial charge in [-0.1, -0.05) is 23.9 Å². The Morgan fingerprint density at radius 2 is 1.89 bits per heavy atom. The number of aromatic nitrogens is 4. The van der Waals surface area contributed by atoms with Gasteiger partial charge in [0.15, 0.2) is 0 Å². The number of thioether (sulfide) groups is 1. The molecule has 0 N–H and O–H groups in total. The van der Waals surface area contributed by atoms with Crippen molar-refractivity contribution in [3.63, 3.8) is 0 Å². The maximum atomic E-state index is 12.3. The molecule has 2 rings (SSSR count). The summed E-state index contributed by atoms with van der Waals surface area (Å²) in [6, 6.07) is 5.06. The highest BCUT2D eigenvalue weighted by atomic mass is 32.2. The summed E-state index contributed by atoms with van der Waals surface area (Å²) < 4.78 is 38.5. The maximum absolute atomic E-state index is 12.3. The average molecular weight is 274 g/mol. The molecule has 1 aromatic carbocycles. The molecule has 1 aromatic heterocycles. The Balaban J connectivity index is 2.01. The minimum atomic E-state index is -4.29. The van der Waals surface area contributed by atoms with Crippen molar-refractivity contribution in [2.75, 3.05) is 0 Å². The first kappa shape index (κ1) is 12.9. The minimum absolute atomic E-state index is 0.520. The highest BCUT2D eigenvalue weighted by Gasteiger charge is 2.29. The van der Waals surface area contributed by atoms with Crippen LogP contribution in [0.5, 0.6) is 0 Å². The van der Waals surface area contributed by atoms with Crippen LogP contribution in [-0.2, 0) is 19.0 Å². The molecular weight excluding hydrogens is 265 g/mol. The first-order valence-corrected chi connectivity index (χ1v) is 5.96. The van der Waals surface area contributed by atoms with Crippen LogP contribution in [0.2, 0.25) is 0 Å². The highest BCUT2D eigenvalue weighted by Crippen LogP contribution is 2.29. The Kier molecular flexibility index (Phi) is 3.55. The molecule has 0 saturated heterocycles. The lowest BCUT2D eigenvalue weighted by molar-refractivity contribution is -0.137. The van der Waals surface area contributed by atoms with Gasteiger partial charge in [-0.3, -0.25) is 0 Å². The number of nitrogens with zero attached hydrogens (tertiary/aromatic N) is 4. The molecule has 4 nitrogen and oxygen atoms in total. The van der Waals surface area contributed by atoms with Gasteiger partial charge in [0.2, 0.25) is 5.16 Å². The summed E-state index contributed by atoms with van der Waals surface area (Å²) in [5.41, 5.74) is 0.146. The van der Waals surface area contributed by atoms with Crippen molar-refractivity contribution in [3.8, 4) is 0 Å². The third kappa shape index (κ3) is 3.00. The van der Waals surface area contributed by atoms with Crippen molar-refractivity contribution >= 4 is 11.8 Å². The van der Waals surface area contributed by atoms with Gasteiger partial charge in [-0.25, -0.2) is 4.68 Å². The summed E-state index contributed by atoms with van der Waals surface area (Å²) in [5, 5.41) is 11.5. The van der Waals surface area contributed by atoms with Crippen molar-refractivity contribution in [3.05, 3.63) is 35.4 Å². The smallest absolute Gasteiger partial charge is 0.224 e. The summed E-state index contributed by atoms with van der Waals surface area (Å²) in [5.74, 6) is 0.520. The zero-order chi connectivity index (χ0) is 13.2. The first-order valence-electron chi connectivity index (χ1n) is 4.98. The molecule has 0 atom stereocenters. The molecule has 0 spiro atoms. The monoisotopic (exact) mass is 274 g/mol. The minimum Gasteiger partial charge on any atom is -0.224 e. The highest BCUT2D eigenvalue weighted by molar-refractivity contribution is 7.98. The number of aryl methyl sites for hydroxylation is 1. The Labute approximate surface area is 105 Å². The van der Waals surface area contributed by atoms with E-state index in [-0.39, 0.29) is 0 Å². The van der Waals surface area contributed by atoms with Crippen LogP contribution < -0.4 is 0 Å². The Morgan fingerprint density at radius 1 is 1.22 bits per heavy atom. The molecule has 18 heavy (non-hydrogen) atoms. The Morgan fingerprint density at radius 3 is 2.39 bits per heavy atom. The van der Waals surface area contributed by atoms with Gasteiger partial charge in [-0.05, 0) is 28.1 Å². The van der Waals surface area contributed by atoms with Gasteiger partial charge in [0.1, 0.15) is 0 Å². The van der Waals surface area contributed by atoms with E-state index in [1.807, 2.05) is 0 Å². The lowest BCUT2D eigenvalue weighted by atomic mass is 10.1. The second kappa shape index (κ2) is 4.97. The molecule has 0 unspecified atom stereocenters. The van der Waals surface area contributed by atoms with Crippen LogP contribution in [0.3, 0.4) is 0 Å². The normalized spacial score (nSPS) is 11.8. The third-order valence-electron chi connectivity index (χ3n) is 2.23. The van der Waals surface area contributed by atoms with Crippen molar-refractivity contribution in [2.45, 2.75) is 17.1 Å². The summed E-state index contributed by atoms with van der Waals surface area (Å²) in [6.45, 7) is 0. The molecule has 0 radical (unpaired) electrons. The van der Waals surface area contributed by atoms with E-state index in [9.17, 15) is 13.2 Å². The quantitative estimate of drug-likeness (QED) is 0.807. The van der Waals surface area contributed by atoms with Crippen LogP contribution in [0.15, 0.2) is 29.4 Å². The van der Waals surface area contributed by atoms with Gasteiger partial charge < -0.3 is 0 Å². The SMILES string of the molecule is Cn1nnnc1SCc1ccc(C(F)(F)F)cc1. The number of hydrogen-bond acceptors (Lipinski definition) is 4. The molecule has 0 amide bonds. The molecular formula is C10H9F3N4S. The Bertz CT molecular complexity index is 521. The van der Waals surface area contributed by atoms with Gasteiger partial charge in [0.05, 0.1) is 5.56 Å². The molecule has 0 saturated carbocycles. The largest absolute Gasteiger partial charge is 0.416 e. The molecule has 0 aliphatic rings. The predicted molar refractivity (Wildman–Crippen MR) is 59.8 cm³/mol. The van der Waals surface area contributed by atoms with Crippen molar-refractivity contribution in [1.29, 1.82) is 0 Å². The lowest BCUT2D eigenvalue weighted by Gasteiger charge is -2.07. The second-order valence-corrected chi connectivity index (χ2v) is 4.51. The molecule has 0 bridgehead atoms. The predicted octanol–water partition coefficient (Wildman–Crippen LogP) is 2.52. The molecule has 2 aromatic rings. The van der Waals surface area contributed by atoms with Gasteiger partial charge in [0, 0.05) is 12.8 Å². The summed E-state index contributed by atoms with van der Waals surface area (Å²) in [4.78, 5) is 0.